The number of rotatable bonds is 3. The van der Waals surface area contributed by atoms with Crippen LogP contribution in [0.4, 0.5) is 0 Å². The Morgan fingerprint density at radius 1 is 1.56 bits per heavy atom. The minimum Gasteiger partial charge on any atom is -0.344 e. The first-order chi connectivity index (χ1) is 7.66. The summed E-state index contributed by atoms with van der Waals surface area (Å²) in [6.07, 6.45) is 3.22. The molecule has 6 nitrogen and oxygen atoms in total. The van der Waals surface area contributed by atoms with E-state index in [2.05, 4.69) is 15.5 Å². The number of likely N-dealkylation sites (tertiary alicyclic amines) is 1. The molecule has 1 saturated heterocycles. The highest BCUT2D eigenvalue weighted by atomic mass is 16.2. The minimum atomic E-state index is 0.233. The van der Waals surface area contributed by atoms with Gasteiger partial charge in [0.25, 0.3) is 0 Å². The highest BCUT2D eigenvalue weighted by Gasteiger charge is 2.22. The van der Waals surface area contributed by atoms with Gasteiger partial charge in [-0.2, -0.15) is 0 Å². The summed E-state index contributed by atoms with van der Waals surface area (Å²) < 4.78 is 1.89. The van der Waals surface area contributed by atoms with Gasteiger partial charge in [-0.15, -0.1) is 10.2 Å². The smallest absolute Gasteiger partial charge is 0.222 e. The maximum Gasteiger partial charge on any atom is 0.222 e. The maximum absolute atomic E-state index is 11.3. The maximum atomic E-state index is 11.3. The van der Waals surface area contributed by atoms with E-state index in [1.165, 1.54) is 0 Å². The fraction of sp³-hybridized carbons (Fsp3) is 0.700. The number of nitrogens with zero attached hydrogens (tertiary/aromatic N) is 4. The van der Waals surface area contributed by atoms with Crippen molar-refractivity contribution in [1.82, 2.24) is 25.0 Å². The molecular weight excluding hydrogens is 206 g/mol. The lowest BCUT2D eigenvalue weighted by molar-refractivity contribution is -0.132. The molecule has 2 rings (SSSR count). The standard InChI is InChI=1S/C10H17N5O/c1-14-6-8(3-4-10(14)16)11-5-9-13-12-7-15(9)2/h7-8,11H,3-6H2,1-2H3. The monoisotopic (exact) mass is 223 g/mol. The van der Waals surface area contributed by atoms with Crippen molar-refractivity contribution in [3.63, 3.8) is 0 Å². The number of hydrogen-bond acceptors (Lipinski definition) is 4. The Hall–Kier alpha value is -1.43. The molecular formula is C10H17N5O. The molecule has 0 radical (unpaired) electrons. The van der Waals surface area contributed by atoms with Crippen LogP contribution in [0, 0.1) is 0 Å². The molecule has 6 heteroatoms. The third kappa shape index (κ3) is 2.38. The van der Waals surface area contributed by atoms with Gasteiger partial charge in [0.05, 0.1) is 6.54 Å². The van der Waals surface area contributed by atoms with Gasteiger partial charge in [-0.3, -0.25) is 4.79 Å². The molecule has 1 fully saturated rings. The highest BCUT2D eigenvalue weighted by Crippen LogP contribution is 2.09. The molecule has 0 saturated carbocycles. The van der Waals surface area contributed by atoms with Crippen LogP contribution in [0.2, 0.25) is 0 Å². The summed E-state index contributed by atoms with van der Waals surface area (Å²) in [5, 5.41) is 11.2. The van der Waals surface area contributed by atoms with Crippen LogP contribution in [0.15, 0.2) is 6.33 Å². The van der Waals surface area contributed by atoms with Crippen LogP contribution in [0.25, 0.3) is 0 Å². The second-order valence-corrected chi connectivity index (χ2v) is 4.25. The zero-order chi connectivity index (χ0) is 11.5. The molecule has 1 atom stereocenters. The van der Waals surface area contributed by atoms with E-state index in [-0.39, 0.29) is 5.91 Å². The van der Waals surface area contributed by atoms with Gasteiger partial charge in [-0.25, -0.2) is 0 Å². The lowest BCUT2D eigenvalue weighted by Crippen LogP contribution is -2.46. The van der Waals surface area contributed by atoms with E-state index < -0.39 is 0 Å². The largest absolute Gasteiger partial charge is 0.344 e. The predicted molar refractivity (Wildman–Crippen MR) is 58.5 cm³/mol. The molecule has 88 valence electrons. The third-order valence-corrected chi connectivity index (χ3v) is 2.98. The first kappa shape index (κ1) is 11.1. The molecule has 0 aromatic carbocycles. The van der Waals surface area contributed by atoms with E-state index in [9.17, 15) is 4.79 Å². The van der Waals surface area contributed by atoms with Crippen molar-refractivity contribution in [2.45, 2.75) is 25.4 Å². The van der Waals surface area contributed by atoms with E-state index in [1.54, 1.807) is 11.2 Å². The molecule has 1 unspecified atom stereocenters. The van der Waals surface area contributed by atoms with Crippen LogP contribution in [0.1, 0.15) is 18.7 Å². The predicted octanol–water partition coefficient (Wildman–Crippen LogP) is -0.474. The molecule has 1 aromatic heterocycles. The lowest BCUT2D eigenvalue weighted by Gasteiger charge is -2.30. The summed E-state index contributed by atoms with van der Waals surface area (Å²) in [5.74, 6) is 1.15. The van der Waals surface area contributed by atoms with Gasteiger partial charge in [0, 0.05) is 33.1 Å². The Morgan fingerprint density at radius 2 is 2.38 bits per heavy atom. The van der Waals surface area contributed by atoms with Crippen molar-refractivity contribution in [3.05, 3.63) is 12.2 Å². The van der Waals surface area contributed by atoms with Crippen LogP contribution in [0.3, 0.4) is 0 Å². The molecule has 0 spiro atoms. The van der Waals surface area contributed by atoms with Crippen LogP contribution in [-0.2, 0) is 18.4 Å². The Kier molecular flexibility index (Phi) is 3.19. The molecule has 16 heavy (non-hydrogen) atoms. The van der Waals surface area contributed by atoms with Crippen LogP contribution < -0.4 is 5.32 Å². The molecule has 1 N–H and O–H groups in total. The Labute approximate surface area is 94.6 Å². The number of carbonyl (C=O) groups is 1. The molecule has 0 bridgehead atoms. The second kappa shape index (κ2) is 4.61. The average molecular weight is 223 g/mol. The third-order valence-electron chi connectivity index (χ3n) is 2.98. The molecule has 1 aliphatic heterocycles. The topological polar surface area (TPSA) is 63.0 Å². The van der Waals surface area contributed by atoms with Crippen LogP contribution in [-0.4, -0.2) is 45.2 Å². The molecule has 2 heterocycles. The summed E-state index contributed by atoms with van der Waals surface area (Å²) >= 11 is 0. The SMILES string of the molecule is CN1CC(NCc2nncn2C)CCC1=O. The van der Waals surface area contributed by atoms with Crippen LogP contribution in [0.5, 0.6) is 0 Å². The van der Waals surface area contributed by atoms with E-state index in [0.717, 1.165) is 18.8 Å². The molecule has 1 amide bonds. The van der Waals surface area contributed by atoms with Gasteiger partial charge in [-0.05, 0) is 6.42 Å². The van der Waals surface area contributed by atoms with Gasteiger partial charge in [0.2, 0.25) is 5.91 Å². The summed E-state index contributed by atoms with van der Waals surface area (Å²) in [7, 11) is 3.77. The molecule has 1 aromatic rings. The van der Waals surface area contributed by atoms with Gasteiger partial charge >= 0.3 is 0 Å². The highest BCUT2D eigenvalue weighted by molar-refractivity contribution is 5.76. The number of piperidine rings is 1. The number of nitrogens with one attached hydrogen (secondary N) is 1. The Morgan fingerprint density at radius 3 is 3.00 bits per heavy atom. The Balaban J connectivity index is 1.83. The normalized spacial score (nSPS) is 21.5. The van der Waals surface area contributed by atoms with Gasteiger partial charge < -0.3 is 14.8 Å². The lowest BCUT2D eigenvalue weighted by atomic mass is 10.1. The first-order valence-corrected chi connectivity index (χ1v) is 5.47. The van der Waals surface area contributed by atoms with Crippen molar-refractivity contribution in [3.8, 4) is 0 Å². The second-order valence-electron chi connectivity index (χ2n) is 4.25. The van der Waals surface area contributed by atoms with Crippen molar-refractivity contribution in [1.29, 1.82) is 0 Å². The van der Waals surface area contributed by atoms with Gasteiger partial charge in [-0.1, -0.05) is 0 Å². The number of aryl methyl sites for hydroxylation is 1. The van der Waals surface area contributed by atoms with Crippen molar-refractivity contribution in [2.24, 2.45) is 7.05 Å². The summed E-state index contributed by atoms with van der Waals surface area (Å²) in [6, 6.07) is 0.361. The van der Waals surface area contributed by atoms with E-state index in [1.807, 2.05) is 18.7 Å². The summed E-state index contributed by atoms with van der Waals surface area (Å²) in [6.45, 7) is 1.47. The number of amides is 1. The number of carbonyl (C=O) groups excluding carboxylic acids is 1. The van der Waals surface area contributed by atoms with Crippen LogP contribution >= 0.6 is 0 Å². The Bertz CT molecular complexity index is 375. The summed E-state index contributed by atoms with van der Waals surface area (Å²) in [4.78, 5) is 13.1. The first-order valence-electron chi connectivity index (χ1n) is 5.47. The average Bonchev–Trinajstić information content (AvgIpc) is 2.66. The van der Waals surface area contributed by atoms with Crippen molar-refractivity contribution >= 4 is 5.91 Å². The fourth-order valence-electron chi connectivity index (χ4n) is 1.88. The zero-order valence-electron chi connectivity index (χ0n) is 9.68. The molecule has 0 aliphatic carbocycles. The number of aromatic nitrogens is 3. The van der Waals surface area contributed by atoms with Crippen molar-refractivity contribution in [2.75, 3.05) is 13.6 Å². The fourth-order valence-corrected chi connectivity index (χ4v) is 1.88. The van der Waals surface area contributed by atoms with E-state index in [4.69, 9.17) is 0 Å². The van der Waals surface area contributed by atoms with E-state index >= 15 is 0 Å². The molecule has 1 aliphatic rings. The summed E-state index contributed by atoms with van der Waals surface area (Å²) in [5.41, 5.74) is 0. The zero-order valence-corrected chi connectivity index (χ0v) is 9.68. The number of likely N-dealkylation sites (N-methyl/N-ethyl adjacent to an activating group) is 1. The number of hydrogen-bond donors (Lipinski definition) is 1. The van der Waals surface area contributed by atoms with Crippen molar-refractivity contribution < 1.29 is 4.79 Å². The minimum absolute atomic E-state index is 0.233. The van der Waals surface area contributed by atoms with E-state index in [0.29, 0.717) is 19.0 Å². The quantitative estimate of drug-likeness (QED) is 0.752. The van der Waals surface area contributed by atoms with Gasteiger partial charge in [0.1, 0.15) is 12.2 Å². The van der Waals surface area contributed by atoms with Gasteiger partial charge in [0.15, 0.2) is 0 Å².